The molecule has 0 saturated heterocycles. The molecule has 0 bridgehead atoms. The standard InChI is InChI=1S/C20H20FNO3S2/c1-13(2)12-26-20-19(27(23,24)17-10-4-14(3)5-11-17)22-18(25-20)15-6-8-16(21)9-7-15/h4-11,13H,12H2,1-3H3. The third-order valence-electron chi connectivity index (χ3n) is 3.79. The Bertz CT molecular complexity index is 1020. The Morgan fingerprint density at radius 1 is 1.07 bits per heavy atom. The van der Waals surface area contributed by atoms with Crippen molar-refractivity contribution in [3.8, 4) is 11.5 Å². The molecular formula is C20H20FNO3S2. The summed E-state index contributed by atoms with van der Waals surface area (Å²) in [5.74, 6) is 0.817. The topological polar surface area (TPSA) is 60.2 Å². The van der Waals surface area contributed by atoms with Crippen molar-refractivity contribution in [3.05, 3.63) is 59.9 Å². The summed E-state index contributed by atoms with van der Waals surface area (Å²) in [6.45, 7) is 5.97. The van der Waals surface area contributed by atoms with Crippen LogP contribution in [0.4, 0.5) is 4.39 Å². The van der Waals surface area contributed by atoms with Gasteiger partial charge in [-0.2, -0.15) is 4.98 Å². The van der Waals surface area contributed by atoms with E-state index in [1.807, 2.05) is 20.8 Å². The number of hydrogen-bond acceptors (Lipinski definition) is 5. The zero-order valence-electron chi connectivity index (χ0n) is 15.3. The van der Waals surface area contributed by atoms with E-state index >= 15 is 0 Å². The summed E-state index contributed by atoms with van der Waals surface area (Å²) >= 11 is 1.32. The van der Waals surface area contributed by atoms with Gasteiger partial charge in [-0.1, -0.05) is 43.3 Å². The fourth-order valence-electron chi connectivity index (χ4n) is 2.34. The Morgan fingerprint density at radius 2 is 1.70 bits per heavy atom. The Balaban J connectivity index is 2.08. The van der Waals surface area contributed by atoms with E-state index in [1.54, 1.807) is 24.3 Å². The van der Waals surface area contributed by atoms with Crippen LogP contribution in [0.1, 0.15) is 19.4 Å². The average molecular weight is 406 g/mol. The smallest absolute Gasteiger partial charge is 0.228 e. The monoisotopic (exact) mass is 405 g/mol. The van der Waals surface area contributed by atoms with Crippen LogP contribution in [0.3, 0.4) is 0 Å². The summed E-state index contributed by atoms with van der Waals surface area (Å²) in [5, 5.41) is 0.153. The third kappa shape index (κ3) is 4.42. The van der Waals surface area contributed by atoms with Gasteiger partial charge in [0.25, 0.3) is 0 Å². The van der Waals surface area contributed by atoms with Gasteiger partial charge in [0.1, 0.15) is 5.82 Å². The molecule has 0 N–H and O–H groups in total. The van der Waals surface area contributed by atoms with Gasteiger partial charge in [-0.3, -0.25) is 0 Å². The highest BCUT2D eigenvalue weighted by Crippen LogP contribution is 2.35. The molecule has 0 spiro atoms. The van der Waals surface area contributed by atoms with E-state index in [2.05, 4.69) is 4.98 Å². The number of thioether (sulfide) groups is 1. The molecule has 0 unspecified atom stereocenters. The van der Waals surface area contributed by atoms with Crippen LogP contribution in [0, 0.1) is 18.7 Å². The van der Waals surface area contributed by atoms with Crippen LogP contribution < -0.4 is 0 Å². The third-order valence-corrected chi connectivity index (χ3v) is 6.97. The molecule has 142 valence electrons. The molecule has 0 fully saturated rings. The predicted molar refractivity (Wildman–Crippen MR) is 104 cm³/mol. The highest BCUT2D eigenvalue weighted by Gasteiger charge is 2.28. The Hall–Kier alpha value is -2.12. The van der Waals surface area contributed by atoms with Crippen LogP contribution in [0.25, 0.3) is 11.5 Å². The first kappa shape index (κ1) is 19.6. The van der Waals surface area contributed by atoms with Crippen molar-refractivity contribution in [1.29, 1.82) is 0 Å². The molecule has 0 amide bonds. The number of nitrogens with zero attached hydrogens (tertiary/aromatic N) is 1. The molecule has 1 aromatic heterocycles. The molecule has 0 atom stereocenters. The van der Waals surface area contributed by atoms with Crippen LogP contribution in [-0.2, 0) is 9.84 Å². The lowest BCUT2D eigenvalue weighted by molar-refractivity contribution is 0.469. The molecule has 3 rings (SSSR count). The molecule has 0 radical (unpaired) electrons. The second kappa shape index (κ2) is 7.86. The largest absolute Gasteiger partial charge is 0.428 e. The zero-order valence-corrected chi connectivity index (χ0v) is 16.9. The van der Waals surface area contributed by atoms with Crippen LogP contribution in [0.15, 0.2) is 68.0 Å². The molecule has 1 heterocycles. The van der Waals surface area contributed by atoms with Gasteiger partial charge in [-0.25, -0.2) is 12.8 Å². The SMILES string of the molecule is Cc1ccc(S(=O)(=O)c2nc(-c3ccc(F)cc3)oc2SCC(C)C)cc1. The lowest BCUT2D eigenvalue weighted by Gasteiger charge is -2.05. The van der Waals surface area contributed by atoms with Gasteiger partial charge in [0.15, 0.2) is 0 Å². The summed E-state index contributed by atoms with van der Waals surface area (Å²) < 4.78 is 45.2. The number of aryl methyl sites for hydroxylation is 1. The first-order valence-corrected chi connectivity index (χ1v) is 11.0. The lowest BCUT2D eigenvalue weighted by Crippen LogP contribution is -2.04. The van der Waals surface area contributed by atoms with Gasteiger partial charge in [-0.05, 0) is 49.2 Å². The van der Waals surface area contributed by atoms with Crippen molar-refractivity contribution in [1.82, 2.24) is 4.98 Å². The molecule has 0 aliphatic carbocycles. The van der Waals surface area contributed by atoms with Gasteiger partial charge in [0.05, 0.1) is 4.90 Å². The number of hydrogen-bond donors (Lipinski definition) is 0. The van der Waals surface area contributed by atoms with Gasteiger partial charge < -0.3 is 4.42 Å². The number of sulfone groups is 1. The summed E-state index contributed by atoms with van der Waals surface area (Å²) in [7, 11) is -3.83. The first-order chi connectivity index (χ1) is 12.8. The number of halogens is 1. The van der Waals surface area contributed by atoms with Gasteiger partial charge >= 0.3 is 0 Å². The molecule has 0 aliphatic heterocycles. The fraction of sp³-hybridized carbons (Fsp3) is 0.250. The number of rotatable bonds is 6. The molecule has 2 aromatic carbocycles. The number of aromatic nitrogens is 1. The Morgan fingerprint density at radius 3 is 2.30 bits per heavy atom. The van der Waals surface area contributed by atoms with Gasteiger partial charge in [0.2, 0.25) is 25.8 Å². The normalized spacial score (nSPS) is 11.9. The second-order valence-electron chi connectivity index (χ2n) is 6.64. The Kier molecular flexibility index (Phi) is 5.72. The van der Waals surface area contributed by atoms with Crippen molar-refractivity contribution >= 4 is 21.6 Å². The molecule has 4 nitrogen and oxygen atoms in total. The van der Waals surface area contributed by atoms with E-state index in [9.17, 15) is 12.8 Å². The minimum Gasteiger partial charge on any atom is -0.428 e. The maximum absolute atomic E-state index is 13.2. The quantitative estimate of drug-likeness (QED) is 0.516. The molecule has 0 saturated carbocycles. The van der Waals surface area contributed by atoms with Crippen LogP contribution in [0.2, 0.25) is 0 Å². The van der Waals surface area contributed by atoms with Crippen LogP contribution in [-0.4, -0.2) is 19.2 Å². The summed E-state index contributed by atoms with van der Waals surface area (Å²) in [4.78, 5) is 4.43. The van der Waals surface area contributed by atoms with Crippen molar-refractivity contribution < 1.29 is 17.2 Å². The minimum absolute atomic E-state index is 0.101. The highest BCUT2D eigenvalue weighted by atomic mass is 32.2. The Labute approximate surface area is 162 Å². The van der Waals surface area contributed by atoms with E-state index < -0.39 is 9.84 Å². The summed E-state index contributed by atoms with van der Waals surface area (Å²) in [6, 6.07) is 12.2. The second-order valence-corrected chi connectivity index (χ2v) is 9.50. The first-order valence-electron chi connectivity index (χ1n) is 8.48. The fourth-order valence-corrected chi connectivity index (χ4v) is 4.82. The van der Waals surface area contributed by atoms with E-state index in [0.717, 1.165) is 5.56 Å². The van der Waals surface area contributed by atoms with Crippen molar-refractivity contribution in [2.45, 2.75) is 35.8 Å². The molecule has 0 aliphatic rings. The molecule has 3 aromatic rings. The molecule has 7 heteroatoms. The van der Waals surface area contributed by atoms with Crippen molar-refractivity contribution in [2.75, 3.05) is 5.75 Å². The maximum Gasteiger partial charge on any atom is 0.228 e. The molecule has 27 heavy (non-hydrogen) atoms. The van der Waals surface area contributed by atoms with Crippen LogP contribution in [0.5, 0.6) is 0 Å². The van der Waals surface area contributed by atoms with Gasteiger partial charge in [-0.15, -0.1) is 0 Å². The van der Waals surface area contributed by atoms with Crippen molar-refractivity contribution in [2.24, 2.45) is 5.92 Å². The average Bonchev–Trinajstić information content (AvgIpc) is 3.06. The van der Waals surface area contributed by atoms with E-state index in [-0.39, 0.29) is 26.7 Å². The summed E-state index contributed by atoms with van der Waals surface area (Å²) in [6.07, 6.45) is 0. The van der Waals surface area contributed by atoms with E-state index in [1.165, 1.54) is 36.0 Å². The number of oxazole rings is 1. The number of benzene rings is 2. The van der Waals surface area contributed by atoms with Gasteiger partial charge in [0, 0.05) is 11.3 Å². The minimum atomic E-state index is -3.83. The van der Waals surface area contributed by atoms with Crippen LogP contribution >= 0.6 is 11.8 Å². The van der Waals surface area contributed by atoms with E-state index in [0.29, 0.717) is 17.2 Å². The van der Waals surface area contributed by atoms with E-state index in [4.69, 9.17) is 4.42 Å². The summed E-state index contributed by atoms with van der Waals surface area (Å²) in [5.41, 5.74) is 1.49. The lowest BCUT2D eigenvalue weighted by atomic mass is 10.2. The molecular weight excluding hydrogens is 385 g/mol. The predicted octanol–water partition coefficient (Wildman–Crippen LogP) is 5.37. The van der Waals surface area contributed by atoms with Crippen molar-refractivity contribution in [3.63, 3.8) is 0 Å². The maximum atomic E-state index is 13.2. The zero-order chi connectivity index (χ0) is 19.6. The highest BCUT2D eigenvalue weighted by molar-refractivity contribution is 8.00.